The Bertz CT molecular complexity index is 398. The molecule has 0 spiro atoms. The molecule has 4 heteroatoms. The van der Waals surface area contributed by atoms with E-state index in [9.17, 15) is 9.90 Å². The van der Waals surface area contributed by atoms with Crippen molar-refractivity contribution in [1.82, 2.24) is 4.98 Å². The lowest BCUT2D eigenvalue weighted by Crippen LogP contribution is -2.16. The molecule has 1 aromatic heterocycles. The van der Waals surface area contributed by atoms with Crippen LogP contribution < -0.4 is 0 Å². The first-order valence-corrected chi connectivity index (χ1v) is 6.14. The van der Waals surface area contributed by atoms with Gasteiger partial charge in [-0.2, -0.15) is 0 Å². The maximum Gasteiger partial charge on any atom is 0.312 e. The van der Waals surface area contributed by atoms with Gasteiger partial charge in [0.1, 0.15) is 0 Å². The highest BCUT2D eigenvalue weighted by Gasteiger charge is 2.41. The van der Waals surface area contributed by atoms with Crippen LogP contribution in [-0.4, -0.2) is 16.1 Å². The lowest BCUT2D eigenvalue weighted by Gasteiger charge is -2.15. The van der Waals surface area contributed by atoms with Crippen molar-refractivity contribution in [3.05, 3.63) is 28.5 Å². The summed E-state index contributed by atoms with van der Waals surface area (Å²) in [5, 5.41) is 9.24. The van der Waals surface area contributed by atoms with Crippen LogP contribution >= 0.6 is 15.9 Å². The number of hydrogen-bond donors (Lipinski definition) is 1. The molecule has 0 aromatic carbocycles. The molecule has 1 aliphatic rings. The van der Waals surface area contributed by atoms with Gasteiger partial charge in [-0.1, -0.05) is 6.92 Å². The maximum absolute atomic E-state index is 11.2. The molecular weight excluding hydrogens is 270 g/mol. The Kier molecular flexibility index (Phi) is 3.02. The minimum Gasteiger partial charge on any atom is -0.481 e. The lowest BCUT2D eigenvalue weighted by molar-refractivity contribution is -0.139. The molecular formula is C12H14BrNO2. The number of pyridine rings is 1. The van der Waals surface area contributed by atoms with Crippen molar-refractivity contribution in [2.45, 2.75) is 32.1 Å². The SMILES string of the molecule is CC1(CC(C(=O)O)c2ccc(Br)cn2)CC1. The molecule has 1 saturated carbocycles. The lowest BCUT2D eigenvalue weighted by atomic mass is 9.91. The Balaban J connectivity index is 2.18. The van der Waals surface area contributed by atoms with Crippen LogP contribution in [0.25, 0.3) is 0 Å². The highest BCUT2D eigenvalue weighted by atomic mass is 79.9. The molecule has 16 heavy (non-hydrogen) atoms. The average Bonchev–Trinajstić information content (AvgIpc) is 2.95. The highest BCUT2D eigenvalue weighted by Crippen LogP contribution is 2.51. The highest BCUT2D eigenvalue weighted by molar-refractivity contribution is 9.10. The number of hydrogen-bond acceptors (Lipinski definition) is 2. The molecule has 1 atom stereocenters. The molecule has 1 unspecified atom stereocenters. The van der Waals surface area contributed by atoms with Gasteiger partial charge >= 0.3 is 5.97 Å². The molecule has 0 bridgehead atoms. The number of rotatable bonds is 4. The normalized spacial score (nSPS) is 19.1. The fourth-order valence-electron chi connectivity index (χ4n) is 1.82. The van der Waals surface area contributed by atoms with Gasteiger partial charge in [-0.05, 0) is 52.7 Å². The predicted molar refractivity (Wildman–Crippen MR) is 64.3 cm³/mol. The van der Waals surface area contributed by atoms with E-state index in [-0.39, 0.29) is 5.41 Å². The van der Waals surface area contributed by atoms with Crippen LogP contribution in [0.1, 0.15) is 37.8 Å². The van der Waals surface area contributed by atoms with Gasteiger partial charge < -0.3 is 5.11 Å². The van der Waals surface area contributed by atoms with Crippen LogP contribution in [0.4, 0.5) is 0 Å². The summed E-state index contributed by atoms with van der Waals surface area (Å²) < 4.78 is 0.873. The summed E-state index contributed by atoms with van der Waals surface area (Å²) in [5.74, 6) is -1.25. The first-order valence-electron chi connectivity index (χ1n) is 5.34. The van der Waals surface area contributed by atoms with Gasteiger partial charge in [0.2, 0.25) is 0 Å². The van der Waals surface area contributed by atoms with E-state index >= 15 is 0 Å². The molecule has 1 aromatic rings. The molecule has 0 amide bonds. The first-order chi connectivity index (χ1) is 7.50. The average molecular weight is 284 g/mol. The molecule has 0 aliphatic heterocycles. The number of carbonyl (C=O) groups is 1. The molecule has 86 valence electrons. The zero-order valence-corrected chi connectivity index (χ0v) is 10.7. The van der Waals surface area contributed by atoms with Crippen LogP contribution in [0, 0.1) is 5.41 Å². The summed E-state index contributed by atoms with van der Waals surface area (Å²) in [5.41, 5.74) is 0.876. The summed E-state index contributed by atoms with van der Waals surface area (Å²) in [6, 6.07) is 3.63. The summed E-state index contributed by atoms with van der Waals surface area (Å²) in [6.07, 6.45) is 4.61. The Morgan fingerprint density at radius 3 is 2.75 bits per heavy atom. The number of carboxylic acid groups (broad SMARTS) is 1. The second kappa shape index (κ2) is 4.17. The van der Waals surface area contributed by atoms with Gasteiger partial charge in [-0.3, -0.25) is 9.78 Å². The second-order valence-corrected chi connectivity index (χ2v) is 5.72. The molecule has 2 rings (SSSR count). The van der Waals surface area contributed by atoms with Gasteiger partial charge in [0, 0.05) is 10.7 Å². The molecule has 0 saturated heterocycles. The Morgan fingerprint density at radius 1 is 1.62 bits per heavy atom. The summed E-state index contributed by atoms with van der Waals surface area (Å²) in [7, 11) is 0. The predicted octanol–water partition coefficient (Wildman–Crippen LogP) is 3.20. The first kappa shape index (κ1) is 11.6. The number of aromatic nitrogens is 1. The molecule has 1 heterocycles. The zero-order valence-electron chi connectivity index (χ0n) is 9.11. The van der Waals surface area contributed by atoms with Crippen LogP contribution in [0.2, 0.25) is 0 Å². The van der Waals surface area contributed by atoms with Crippen LogP contribution in [0.5, 0.6) is 0 Å². The number of halogens is 1. The molecule has 1 aliphatic carbocycles. The Hall–Kier alpha value is -0.900. The van der Waals surface area contributed by atoms with Crippen molar-refractivity contribution in [2.75, 3.05) is 0 Å². The maximum atomic E-state index is 11.2. The molecule has 3 nitrogen and oxygen atoms in total. The van der Waals surface area contributed by atoms with E-state index in [0.29, 0.717) is 12.1 Å². The van der Waals surface area contributed by atoms with Gasteiger partial charge in [-0.15, -0.1) is 0 Å². The van der Waals surface area contributed by atoms with Crippen molar-refractivity contribution in [2.24, 2.45) is 5.41 Å². The van der Waals surface area contributed by atoms with Crippen LogP contribution in [-0.2, 0) is 4.79 Å². The quantitative estimate of drug-likeness (QED) is 0.923. The van der Waals surface area contributed by atoms with Crippen molar-refractivity contribution in [1.29, 1.82) is 0 Å². The fourth-order valence-corrected chi connectivity index (χ4v) is 2.06. The summed E-state index contributed by atoms with van der Waals surface area (Å²) >= 11 is 3.30. The van der Waals surface area contributed by atoms with Gasteiger partial charge in [0.25, 0.3) is 0 Å². The summed E-state index contributed by atoms with van der Waals surface area (Å²) in [4.78, 5) is 15.4. The van der Waals surface area contributed by atoms with Crippen LogP contribution in [0.3, 0.4) is 0 Å². The third kappa shape index (κ3) is 2.61. The van der Waals surface area contributed by atoms with Crippen molar-refractivity contribution < 1.29 is 9.90 Å². The zero-order chi connectivity index (χ0) is 11.8. The second-order valence-electron chi connectivity index (χ2n) is 4.81. The summed E-state index contributed by atoms with van der Waals surface area (Å²) in [6.45, 7) is 2.14. The standard InChI is InChI=1S/C12H14BrNO2/c1-12(4-5-12)6-9(11(15)16)10-3-2-8(13)7-14-10/h2-3,7,9H,4-6H2,1H3,(H,15,16). The van der Waals surface area contributed by atoms with Crippen molar-refractivity contribution in [3.63, 3.8) is 0 Å². The van der Waals surface area contributed by atoms with E-state index in [2.05, 4.69) is 27.8 Å². The molecule has 1 fully saturated rings. The van der Waals surface area contributed by atoms with E-state index in [4.69, 9.17) is 0 Å². The Labute approximate surface area is 103 Å². The van der Waals surface area contributed by atoms with E-state index < -0.39 is 11.9 Å². The third-order valence-electron chi connectivity index (χ3n) is 3.21. The third-order valence-corrected chi connectivity index (χ3v) is 3.67. The van der Waals surface area contributed by atoms with Gasteiger partial charge in [0.05, 0.1) is 11.6 Å². The van der Waals surface area contributed by atoms with Gasteiger partial charge in [-0.25, -0.2) is 0 Å². The van der Waals surface area contributed by atoms with E-state index in [1.54, 1.807) is 12.3 Å². The number of nitrogens with zero attached hydrogens (tertiary/aromatic N) is 1. The van der Waals surface area contributed by atoms with Crippen molar-refractivity contribution >= 4 is 21.9 Å². The smallest absolute Gasteiger partial charge is 0.312 e. The van der Waals surface area contributed by atoms with E-state index in [1.165, 1.54) is 0 Å². The van der Waals surface area contributed by atoms with Crippen LogP contribution in [0.15, 0.2) is 22.8 Å². The van der Waals surface area contributed by atoms with Gasteiger partial charge in [0.15, 0.2) is 0 Å². The van der Waals surface area contributed by atoms with E-state index in [1.807, 2.05) is 6.07 Å². The minimum atomic E-state index is -0.775. The molecule has 1 N–H and O–H groups in total. The number of carboxylic acids is 1. The monoisotopic (exact) mass is 283 g/mol. The Morgan fingerprint density at radius 2 is 2.31 bits per heavy atom. The largest absolute Gasteiger partial charge is 0.481 e. The van der Waals surface area contributed by atoms with E-state index in [0.717, 1.165) is 17.3 Å². The minimum absolute atomic E-state index is 0.220. The topological polar surface area (TPSA) is 50.2 Å². The fraction of sp³-hybridized carbons (Fsp3) is 0.500. The number of aliphatic carboxylic acids is 1. The van der Waals surface area contributed by atoms with Crippen molar-refractivity contribution in [3.8, 4) is 0 Å². The molecule has 0 radical (unpaired) electrons.